The largest absolute Gasteiger partial charge is 0.480 e. The summed E-state index contributed by atoms with van der Waals surface area (Å²) < 4.78 is 5.47. The molecule has 0 aromatic heterocycles. The van der Waals surface area contributed by atoms with Gasteiger partial charge < -0.3 is 10.1 Å². The number of nitro groups is 1. The zero-order valence-electron chi connectivity index (χ0n) is 13.7. The summed E-state index contributed by atoms with van der Waals surface area (Å²) in [6, 6.07) is 13.4. The minimum absolute atomic E-state index is 0.0261. The highest BCUT2D eigenvalue weighted by molar-refractivity contribution is 5.83. The van der Waals surface area contributed by atoms with Crippen molar-refractivity contribution in [2.45, 2.75) is 19.4 Å². The third-order valence-electron chi connectivity index (χ3n) is 3.56. The van der Waals surface area contributed by atoms with Gasteiger partial charge in [-0.3, -0.25) is 19.7 Å². The van der Waals surface area contributed by atoms with E-state index in [1.54, 1.807) is 6.92 Å². The van der Waals surface area contributed by atoms with Crippen molar-refractivity contribution in [2.75, 3.05) is 6.54 Å². The van der Waals surface area contributed by atoms with Crippen molar-refractivity contribution in [3.8, 4) is 5.75 Å². The van der Waals surface area contributed by atoms with Crippen molar-refractivity contribution in [3.63, 3.8) is 0 Å². The number of non-ortho nitro benzene ring substituents is 1. The minimum atomic E-state index is -0.837. The lowest BCUT2D eigenvalue weighted by Crippen LogP contribution is -2.37. The molecule has 1 atom stereocenters. The van der Waals surface area contributed by atoms with Gasteiger partial charge in [0, 0.05) is 18.7 Å². The fraction of sp³-hybridized carbons (Fsp3) is 0.222. The first-order chi connectivity index (χ1) is 12.0. The van der Waals surface area contributed by atoms with E-state index in [0.29, 0.717) is 19.3 Å². The zero-order chi connectivity index (χ0) is 18.2. The molecule has 0 saturated heterocycles. The van der Waals surface area contributed by atoms with Crippen LogP contribution < -0.4 is 10.1 Å². The van der Waals surface area contributed by atoms with Gasteiger partial charge in [0.05, 0.1) is 10.5 Å². The first-order valence-electron chi connectivity index (χ1n) is 7.73. The highest BCUT2D eigenvalue weighted by Gasteiger charge is 2.18. The second-order valence-electron chi connectivity index (χ2n) is 5.38. The lowest BCUT2D eigenvalue weighted by Gasteiger charge is -2.15. The van der Waals surface area contributed by atoms with E-state index >= 15 is 0 Å². The number of nitrogens with one attached hydrogen (secondary N) is 1. The molecule has 130 valence electrons. The maximum Gasteiger partial charge on any atom is 0.270 e. The highest BCUT2D eigenvalue weighted by atomic mass is 16.6. The summed E-state index contributed by atoms with van der Waals surface area (Å²) in [6.07, 6.45) is 0.314. The first-order valence-corrected chi connectivity index (χ1v) is 7.73. The number of rotatable bonds is 8. The Balaban J connectivity index is 1.92. The van der Waals surface area contributed by atoms with Crippen molar-refractivity contribution in [1.82, 2.24) is 5.32 Å². The van der Waals surface area contributed by atoms with Gasteiger partial charge in [0.2, 0.25) is 0 Å². The Morgan fingerprint density at radius 3 is 2.64 bits per heavy atom. The van der Waals surface area contributed by atoms with Crippen molar-refractivity contribution in [1.29, 1.82) is 0 Å². The van der Waals surface area contributed by atoms with E-state index in [9.17, 15) is 19.7 Å². The van der Waals surface area contributed by atoms with Gasteiger partial charge >= 0.3 is 0 Å². The van der Waals surface area contributed by atoms with E-state index in [0.717, 1.165) is 11.6 Å². The van der Waals surface area contributed by atoms with Crippen LogP contribution in [0, 0.1) is 10.1 Å². The summed E-state index contributed by atoms with van der Waals surface area (Å²) in [4.78, 5) is 33.3. The van der Waals surface area contributed by atoms with Crippen LogP contribution in [0.2, 0.25) is 0 Å². The van der Waals surface area contributed by atoms with E-state index in [2.05, 4.69) is 5.32 Å². The standard InChI is InChI=1S/C18H18N2O5/c1-13(18(22)19-10-9-14-5-3-2-4-6-14)25-17-8-7-16(20(23)24)11-15(17)12-21/h2-8,11-13H,9-10H2,1H3,(H,19,22)/t13-/m1/s1. The third-order valence-corrected chi connectivity index (χ3v) is 3.56. The van der Waals surface area contributed by atoms with E-state index < -0.39 is 11.0 Å². The van der Waals surface area contributed by atoms with Gasteiger partial charge in [-0.05, 0) is 25.0 Å². The summed E-state index contributed by atoms with van der Waals surface area (Å²) >= 11 is 0. The summed E-state index contributed by atoms with van der Waals surface area (Å²) in [6.45, 7) is 2.01. The molecule has 7 nitrogen and oxygen atoms in total. The molecule has 0 radical (unpaired) electrons. The molecule has 0 spiro atoms. The number of carbonyl (C=O) groups is 2. The van der Waals surface area contributed by atoms with Crippen LogP contribution in [0.5, 0.6) is 5.75 Å². The van der Waals surface area contributed by atoms with Gasteiger partial charge in [-0.25, -0.2) is 0 Å². The SMILES string of the molecule is C[C@@H](Oc1ccc([N+](=O)[O-])cc1C=O)C(=O)NCCc1ccccc1. The van der Waals surface area contributed by atoms with Crippen molar-refractivity contribution < 1.29 is 19.2 Å². The molecular formula is C18H18N2O5. The fourth-order valence-corrected chi connectivity index (χ4v) is 2.21. The molecule has 0 heterocycles. The summed E-state index contributed by atoms with van der Waals surface area (Å²) in [5, 5.41) is 13.5. The summed E-state index contributed by atoms with van der Waals surface area (Å²) in [5.74, 6) is -0.197. The number of nitro benzene ring substituents is 1. The molecule has 0 unspecified atom stereocenters. The van der Waals surface area contributed by atoms with Crippen molar-refractivity contribution in [2.24, 2.45) is 0 Å². The van der Waals surface area contributed by atoms with Gasteiger partial charge in [-0.1, -0.05) is 30.3 Å². The molecule has 2 aromatic carbocycles. The fourth-order valence-electron chi connectivity index (χ4n) is 2.21. The van der Waals surface area contributed by atoms with Crippen molar-refractivity contribution in [3.05, 3.63) is 69.8 Å². The average Bonchev–Trinajstić information content (AvgIpc) is 2.62. The number of benzene rings is 2. The molecule has 0 aliphatic rings. The monoisotopic (exact) mass is 342 g/mol. The molecule has 0 aliphatic carbocycles. The number of amides is 1. The Morgan fingerprint density at radius 1 is 1.28 bits per heavy atom. The lowest BCUT2D eigenvalue weighted by atomic mass is 10.1. The molecule has 0 aliphatic heterocycles. The minimum Gasteiger partial charge on any atom is -0.480 e. The van der Waals surface area contributed by atoms with Crippen molar-refractivity contribution >= 4 is 17.9 Å². The topological polar surface area (TPSA) is 98.5 Å². The molecular weight excluding hydrogens is 324 g/mol. The normalized spacial score (nSPS) is 11.4. The Labute approximate surface area is 144 Å². The van der Waals surface area contributed by atoms with E-state index in [-0.39, 0.29) is 22.9 Å². The Hall–Kier alpha value is -3.22. The highest BCUT2D eigenvalue weighted by Crippen LogP contribution is 2.23. The predicted octanol–water partition coefficient (Wildman–Crippen LogP) is 2.53. The molecule has 2 rings (SSSR count). The second kappa shape index (κ2) is 8.58. The van der Waals surface area contributed by atoms with Gasteiger partial charge in [-0.2, -0.15) is 0 Å². The second-order valence-corrected chi connectivity index (χ2v) is 5.38. The number of hydrogen-bond donors (Lipinski definition) is 1. The molecule has 1 amide bonds. The van der Waals surface area contributed by atoms with Crippen LogP contribution in [0.1, 0.15) is 22.8 Å². The average molecular weight is 342 g/mol. The molecule has 1 N–H and O–H groups in total. The van der Waals surface area contributed by atoms with Crippen LogP contribution in [-0.4, -0.2) is 29.8 Å². The number of carbonyl (C=O) groups excluding carboxylic acids is 2. The maximum atomic E-state index is 12.1. The quantitative estimate of drug-likeness (QED) is 0.451. The van der Waals surface area contributed by atoms with Gasteiger partial charge in [-0.15, -0.1) is 0 Å². The van der Waals surface area contributed by atoms with Crippen LogP contribution in [-0.2, 0) is 11.2 Å². The number of nitrogens with zero attached hydrogens (tertiary/aromatic N) is 1. The maximum absolute atomic E-state index is 12.1. The molecule has 25 heavy (non-hydrogen) atoms. The molecule has 0 fully saturated rings. The van der Waals surface area contributed by atoms with Crippen LogP contribution in [0.3, 0.4) is 0 Å². The van der Waals surface area contributed by atoms with Gasteiger partial charge in [0.1, 0.15) is 5.75 Å². The van der Waals surface area contributed by atoms with Crippen LogP contribution in [0.15, 0.2) is 48.5 Å². The first kappa shape index (κ1) is 18.1. The van der Waals surface area contributed by atoms with Gasteiger partial charge in [0.15, 0.2) is 12.4 Å². The zero-order valence-corrected chi connectivity index (χ0v) is 13.7. The van der Waals surface area contributed by atoms with E-state index in [1.165, 1.54) is 12.1 Å². The smallest absolute Gasteiger partial charge is 0.270 e. The lowest BCUT2D eigenvalue weighted by molar-refractivity contribution is -0.384. The predicted molar refractivity (Wildman–Crippen MR) is 91.7 cm³/mol. The van der Waals surface area contributed by atoms with Crippen LogP contribution >= 0.6 is 0 Å². The summed E-state index contributed by atoms with van der Waals surface area (Å²) in [5.41, 5.74) is 0.919. The van der Waals surface area contributed by atoms with E-state index in [4.69, 9.17) is 4.74 Å². The molecule has 0 saturated carbocycles. The van der Waals surface area contributed by atoms with Crippen LogP contribution in [0.4, 0.5) is 5.69 Å². The Bertz CT molecular complexity index is 761. The van der Waals surface area contributed by atoms with Gasteiger partial charge in [0.25, 0.3) is 11.6 Å². The van der Waals surface area contributed by atoms with E-state index in [1.807, 2.05) is 30.3 Å². The molecule has 2 aromatic rings. The third kappa shape index (κ3) is 5.13. The number of aldehydes is 1. The molecule has 7 heteroatoms. The van der Waals surface area contributed by atoms with Crippen LogP contribution in [0.25, 0.3) is 0 Å². The molecule has 0 bridgehead atoms. The number of ether oxygens (including phenoxy) is 1. The summed E-state index contributed by atoms with van der Waals surface area (Å²) in [7, 11) is 0. The Kier molecular flexibility index (Phi) is 6.22. The Morgan fingerprint density at radius 2 is 2.00 bits per heavy atom. The number of hydrogen-bond acceptors (Lipinski definition) is 5.